The van der Waals surface area contributed by atoms with Crippen LogP contribution < -0.4 is 15.6 Å². The highest BCUT2D eigenvalue weighted by molar-refractivity contribution is 5.96. The summed E-state index contributed by atoms with van der Waals surface area (Å²) in [4.78, 5) is 26.2. The molecule has 0 amide bonds. The Bertz CT molecular complexity index is 1120. The van der Waals surface area contributed by atoms with Crippen LogP contribution in [-0.4, -0.2) is 54.0 Å². The van der Waals surface area contributed by atoms with E-state index in [4.69, 9.17) is 11.2 Å². The number of benzene rings is 1. The van der Waals surface area contributed by atoms with Crippen molar-refractivity contribution in [2.75, 3.05) is 31.1 Å². The third-order valence-corrected chi connectivity index (χ3v) is 5.98. The zero-order valence-corrected chi connectivity index (χ0v) is 15.7. The van der Waals surface area contributed by atoms with Crippen LogP contribution in [0.2, 0.25) is 0 Å². The van der Waals surface area contributed by atoms with Crippen molar-refractivity contribution < 1.29 is 19.0 Å². The predicted molar refractivity (Wildman–Crippen MR) is 105 cm³/mol. The summed E-state index contributed by atoms with van der Waals surface area (Å²) in [7, 11) is 0. The summed E-state index contributed by atoms with van der Waals surface area (Å²) in [6, 6.07) is 1.28. The molecule has 8 heteroatoms. The van der Waals surface area contributed by atoms with E-state index in [0.29, 0.717) is 30.8 Å². The van der Waals surface area contributed by atoms with Gasteiger partial charge in [0.2, 0.25) is 5.43 Å². The number of rotatable bonds is 3. The van der Waals surface area contributed by atoms with Crippen LogP contribution in [0.3, 0.4) is 0 Å². The van der Waals surface area contributed by atoms with Gasteiger partial charge in [-0.25, -0.2) is 9.18 Å². The minimum atomic E-state index is -1.33. The molecule has 3 aliphatic rings. The topological polar surface area (TPSA) is 83.8 Å². The molecule has 1 aromatic heterocycles. The molecule has 1 aliphatic carbocycles. The van der Waals surface area contributed by atoms with Crippen molar-refractivity contribution in [1.29, 1.82) is 0 Å². The van der Waals surface area contributed by atoms with Crippen LogP contribution in [0, 0.1) is 18.2 Å². The van der Waals surface area contributed by atoms with Gasteiger partial charge in [0.15, 0.2) is 0 Å². The van der Waals surface area contributed by atoms with Crippen molar-refractivity contribution in [1.82, 2.24) is 9.88 Å². The summed E-state index contributed by atoms with van der Waals surface area (Å²) >= 11 is 0. The molecule has 3 heterocycles. The Morgan fingerprint density at radius 1 is 1.38 bits per heavy atom. The molecule has 0 unspecified atom stereocenters. The van der Waals surface area contributed by atoms with Gasteiger partial charge in [0, 0.05) is 31.9 Å². The number of halogens is 1. The number of ether oxygens (including phenoxy) is 1. The Hall–Kier alpha value is -2.89. The van der Waals surface area contributed by atoms with Crippen LogP contribution in [0.15, 0.2) is 17.1 Å². The number of terminal acetylenes is 1. The fourth-order valence-electron chi connectivity index (χ4n) is 4.49. The molecule has 29 heavy (non-hydrogen) atoms. The summed E-state index contributed by atoms with van der Waals surface area (Å²) in [6.45, 7) is 2.39. The van der Waals surface area contributed by atoms with E-state index in [1.54, 1.807) is 4.57 Å². The van der Waals surface area contributed by atoms with Crippen molar-refractivity contribution in [3.63, 3.8) is 0 Å². The summed E-state index contributed by atoms with van der Waals surface area (Å²) in [5.41, 5.74) is -0.0860. The van der Waals surface area contributed by atoms with Gasteiger partial charge in [0.25, 0.3) is 0 Å². The number of nitrogens with one attached hydrogen (secondary N) is 1. The first-order chi connectivity index (χ1) is 14.0. The Labute approximate surface area is 166 Å². The summed E-state index contributed by atoms with van der Waals surface area (Å²) in [5, 5.41) is 12.8. The lowest BCUT2D eigenvalue weighted by Gasteiger charge is -2.25. The molecule has 7 nitrogen and oxygen atoms in total. The number of pyridine rings is 1. The number of morpholine rings is 1. The fourth-order valence-corrected chi connectivity index (χ4v) is 4.49. The lowest BCUT2D eigenvalue weighted by Crippen LogP contribution is -2.47. The number of carboxylic acids is 1. The maximum atomic E-state index is 15.3. The SMILES string of the molecule is C#Cc1c(N2C[C@@H]3NCCO[C@@H]3C2)c(F)cc2c(=O)c(C(=O)O)cn(C3CC3)c12. The first-order valence-corrected chi connectivity index (χ1v) is 9.70. The molecule has 0 radical (unpaired) electrons. The van der Waals surface area contributed by atoms with Crippen molar-refractivity contribution in [3.05, 3.63) is 39.4 Å². The quantitative estimate of drug-likeness (QED) is 0.761. The molecule has 3 fully saturated rings. The van der Waals surface area contributed by atoms with Crippen molar-refractivity contribution >= 4 is 22.6 Å². The Balaban J connectivity index is 1.74. The average Bonchev–Trinajstić information content (AvgIpc) is 3.45. The Morgan fingerprint density at radius 3 is 2.83 bits per heavy atom. The maximum Gasteiger partial charge on any atom is 0.341 e. The van der Waals surface area contributed by atoms with E-state index < -0.39 is 17.2 Å². The van der Waals surface area contributed by atoms with Crippen molar-refractivity contribution in [2.24, 2.45) is 0 Å². The first-order valence-electron chi connectivity index (χ1n) is 9.70. The second-order valence-corrected chi connectivity index (χ2v) is 7.81. The highest BCUT2D eigenvalue weighted by Crippen LogP contribution is 2.40. The van der Waals surface area contributed by atoms with E-state index in [1.165, 1.54) is 6.20 Å². The molecule has 1 aromatic carbocycles. The van der Waals surface area contributed by atoms with E-state index in [0.717, 1.165) is 25.5 Å². The second-order valence-electron chi connectivity index (χ2n) is 7.81. The second kappa shape index (κ2) is 6.58. The van der Waals surface area contributed by atoms with Gasteiger partial charge in [-0.05, 0) is 18.9 Å². The number of aromatic carboxylic acids is 1. The molecule has 2 atom stereocenters. The molecule has 2 aliphatic heterocycles. The van der Waals surface area contributed by atoms with E-state index in [9.17, 15) is 14.7 Å². The van der Waals surface area contributed by atoms with Gasteiger partial charge in [-0.15, -0.1) is 6.42 Å². The molecule has 2 saturated heterocycles. The summed E-state index contributed by atoms with van der Waals surface area (Å²) < 4.78 is 22.8. The molecule has 150 valence electrons. The zero-order valence-electron chi connectivity index (χ0n) is 15.7. The minimum Gasteiger partial charge on any atom is -0.477 e. The first kappa shape index (κ1) is 18.2. The van der Waals surface area contributed by atoms with Gasteiger partial charge in [-0.3, -0.25) is 4.79 Å². The molecular weight excluding hydrogens is 377 g/mol. The fraction of sp³-hybridized carbons (Fsp3) is 0.429. The molecule has 0 bridgehead atoms. The van der Waals surface area contributed by atoms with Crippen LogP contribution >= 0.6 is 0 Å². The maximum absolute atomic E-state index is 15.3. The number of aromatic nitrogens is 1. The van der Waals surface area contributed by atoms with E-state index >= 15 is 4.39 Å². The summed E-state index contributed by atoms with van der Waals surface area (Å²) in [6.07, 6.45) is 8.83. The highest BCUT2D eigenvalue weighted by atomic mass is 19.1. The highest BCUT2D eigenvalue weighted by Gasteiger charge is 2.38. The monoisotopic (exact) mass is 397 g/mol. The van der Waals surface area contributed by atoms with Crippen molar-refractivity contribution in [3.8, 4) is 12.3 Å². The van der Waals surface area contributed by atoms with E-state index in [2.05, 4.69) is 11.2 Å². The number of hydrogen-bond donors (Lipinski definition) is 2. The zero-order chi connectivity index (χ0) is 20.3. The van der Waals surface area contributed by atoms with Crippen LogP contribution in [0.4, 0.5) is 10.1 Å². The van der Waals surface area contributed by atoms with Gasteiger partial charge in [0.1, 0.15) is 11.4 Å². The third-order valence-electron chi connectivity index (χ3n) is 5.98. The molecule has 5 rings (SSSR count). The van der Waals surface area contributed by atoms with Gasteiger partial charge < -0.3 is 24.6 Å². The summed E-state index contributed by atoms with van der Waals surface area (Å²) in [5.74, 6) is 0.638. The van der Waals surface area contributed by atoms with Crippen LogP contribution in [0.25, 0.3) is 10.9 Å². The van der Waals surface area contributed by atoms with Gasteiger partial charge in [-0.2, -0.15) is 0 Å². The van der Waals surface area contributed by atoms with Crippen LogP contribution in [0.1, 0.15) is 34.8 Å². The smallest absolute Gasteiger partial charge is 0.341 e. The number of hydrogen-bond acceptors (Lipinski definition) is 5. The molecule has 2 N–H and O–H groups in total. The molecule has 2 aromatic rings. The molecule has 1 saturated carbocycles. The normalized spacial score (nSPS) is 23.8. The third kappa shape index (κ3) is 2.81. The van der Waals surface area contributed by atoms with Crippen LogP contribution in [0.5, 0.6) is 0 Å². The lowest BCUT2D eigenvalue weighted by atomic mass is 10.0. The van der Waals surface area contributed by atoms with Crippen molar-refractivity contribution in [2.45, 2.75) is 31.0 Å². The van der Waals surface area contributed by atoms with Gasteiger partial charge in [0.05, 0.1) is 40.9 Å². The van der Waals surface area contributed by atoms with Gasteiger partial charge >= 0.3 is 5.97 Å². The van der Waals surface area contributed by atoms with Gasteiger partial charge in [-0.1, -0.05) is 5.92 Å². The number of nitrogens with zero attached hydrogens (tertiary/aromatic N) is 2. The predicted octanol–water partition coefficient (Wildman–Crippen LogP) is 1.33. The number of fused-ring (bicyclic) bond motifs is 2. The number of anilines is 1. The lowest BCUT2D eigenvalue weighted by molar-refractivity contribution is 0.0212. The largest absolute Gasteiger partial charge is 0.477 e. The molecular formula is C21H20FN3O4. The number of carbonyl (C=O) groups is 1. The van der Waals surface area contributed by atoms with Crippen LogP contribution in [-0.2, 0) is 4.74 Å². The van der Waals surface area contributed by atoms with E-state index in [1.807, 2.05) is 4.90 Å². The van der Waals surface area contributed by atoms with E-state index in [-0.39, 0.29) is 34.8 Å². The Kier molecular flexibility index (Phi) is 4.12. The standard InChI is InChI=1S/C21H20FN3O4/c1-2-12-18-13(20(26)14(21(27)28)8-25(18)11-3-4-11)7-15(22)19(12)24-9-16-17(10-24)29-6-5-23-16/h1,7-8,11,16-17,23H,3-6,9-10H2,(H,27,28)/t16-,17+/m0/s1. The average molecular weight is 397 g/mol. The minimum absolute atomic E-state index is 0.0111. The number of carboxylic acid groups (broad SMARTS) is 1. The molecule has 0 spiro atoms. The Morgan fingerprint density at radius 2 is 2.17 bits per heavy atom.